The number of aliphatic hydroxyl groups is 1. The minimum absolute atomic E-state index is 0.171. The molecule has 2 aliphatic rings. The van der Waals surface area contributed by atoms with E-state index < -0.39 is 5.60 Å². The van der Waals surface area contributed by atoms with E-state index in [1.165, 1.54) is 0 Å². The third-order valence-electron chi connectivity index (χ3n) is 3.75. The second-order valence-corrected chi connectivity index (χ2v) is 6.24. The lowest BCUT2D eigenvalue weighted by Crippen LogP contribution is -2.42. The number of allylic oxidation sites excluding steroid dienone is 1. The van der Waals surface area contributed by atoms with E-state index in [-0.39, 0.29) is 23.1 Å². The Morgan fingerprint density at radius 3 is 2.56 bits per heavy atom. The smallest absolute Gasteiger partial charge is 0.338 e. The van der Waals surface area contributed by atoms with Crippen LogP contribution in [0.1, 0.15) is 47.0 Å². The lowest BCUT2D eigenvalue weighted by atomic mass is 9.69. The second-order valence-electron chi connectivity index (χ2n) is 6.24. The van der Waals surface area contributed by atoms with Crippen molar-refractivity contribution < 1.29 is 14.6 Å². The summed E-state index contributed by atoms with van der Waals surface area (Å²) < 4.78 is 5.35. The maximum absolute atomic E-state index is 11.9. The summed E-state index contributed by atoms with van der Waals surface area (Å²) in [7, 11) is 0. The second kappa shape index (κ2) is 3.25. The number of rotatable bonds is 0. The van der Waals surface area contributed by atoms with Crippen molar-refractivity contribution in [3.63, 3.8) is 0 Å². The predicted molar refractivity (Wildman–Crippen MR) is 60.9 cm³/mol. The summed E-state index contributed by atoms with van der Waals surface area (Å²) in [5.41, 5.74) is -0.158. The van der Waals surface area contributed by atoms with E-state index in [1.54, 1.807) is 0 Å². The highest BCUT2D eigenvalue weighted by Crippen LogP contribution is 2.47. The van der Waals surface area contributed by atoms with E-state index in [0.717, 1.165) is 19.3 Å². The largest absolute Gasteiger partial charge is 0.511 e. The maximum atomic E-state index is 11.9. The third-order valence-corrected chi connectivity index (χ3v) is 3.75. The van der Waals surface area contributed by atoms with E-state index >= 15 is 0 Å². The van der Waals surface area contributed by atoms with Gasteiger partial charge in [-0.05, 0) is 39.0 Å². The topological polar surface area (TPSA) is 46.5 Å². The van der Waals surface area contributed by atoms with Crippen LogP contribution in [0.15, 0.2) is 11.3 Å². The summed E-state index contributed by atoms with van der Waals surface area (Å²) in [5, 5.41) is 10.2. The molecule has 90 valence electrons. The first-order valence-electron chi connectivity index (χ1n) is 5.90. The van der Waals surface area contributed by atoms with E-state index in [0.29, 0.717) is 5.57 Å². The highest BCUT2D eigenvalue weighted by Gasteiger charge is 2.45. The van der Waals surface area contributed by atoms with Crippen LogP contribution < -0.4 is 0 Å². The highest BCUT2D eigenvalue weighted by atomic mass is 16.6. The standard InChI is InChI=1S/C13H20O3/c1-12(2)6-5-8-7-13(3,4)16-11(15)9(8)10(12)14/h8,14H,5-7H2,1-4H3. The van der Waals surface area contributed by atoms with Gasteiger partial charge in [-0.2, -0.15) is 0 Å². The van der Waals surface area contributed by atoms with Crippen molar-refractivity contribution in [1.29, 1.82) is 0 Å². The Morgan fingerprint density at radius 2 is 1.94 bits per heavy atom. The van der Waals surface area contributed by atoms with Crippen LogP contribution in [0.4, 0.5) is 0 Å². The molecule has 0 aromatic heterocycles. The average Bonchev–Trinajstić information content (AvgIpc) is 2.10. The Kier molecular flexibility index (Phi) is 2.34. The molecule has 2 rings (SSSR count). The summed E-state index contributed by atoms with van der Waals surface area (Å²) in [5.74, 6) is 0.0834. The molecule has 0 bridgehead atoms. The van der Waals surface area contributed by atoms with Crippen molar-refractivity contribution in [2.24, 2.45) is 11.3 Å². The number of carbonyl (C=O) groups excluding carboxylic acids is 1. The molecule has 0 aromatic rings. The molecule has 1 fully saturated rings. The molecule has 3 heteroatoms. The van der Waals surface area contributed by atoms with Crippen LogP contribution in [0.5, 0.6) is 0 Å². The van der Waals surface area contributed by atoms with Crippen LogP contribution in [-0.4, -0.2) is 16.7 Å². The molecule has 0 aromatic carbocycles. The number of hydrogen-bond donors (Lipinski definition) is 1. The van der Waals surface area contributed by atoms with Crippen molar-refractivity contribution >= 4 is 5.97 Å². The molecule has 1 saturated heterocycles. The van der Waals surface area contributed by atoms with Gasteiger partial charge in [0.1, 0.15) is 11.4 Å². The van der Waals surface area contributed by atoms with Crippen LogP contribution >= 0.6 is 0 Å². The maximum Gasteiger partial charge on any atom is 0.338 e. The fraction of sp³-hybridized carbons (Fsp3) is 0.769. The molecule has 0 spiro atoms. The van der Waals surface area contributed by atoms with E-state index in [9.17, 15) is 9.90 Å². The van der Waals surface area contributed by atoms with E-state index in [2.05, 4.69) is 0 Å². The molecule has 1 aliphatic heterocycles. The van der Waals surface area contributed by atoms with Crippen LogP contribution in [-0.2, 0) is 9.53 Å². The average molecular weight is 224 g/mol. The predicted octanol–water partition coefficient (Wildman–Crippen LogP) is 2.96. The number of esters is 1. The van der Waals surface area contributed by atoms with Crippen LogP contribution in [0, 0.1) is 11.3 Å². The van der Waals surface area contributed by atoms with Crippen molar-refractivity contribution in [3.05, 3.63) is 11.3 Å². The zero-order chi connectivity index (χ0) is 12.1. The van der Waals surface area contributed by atoms with Gasteiger partial charge in [0.2, 0.25) is 0 Å². The summed E-state index contributed by atoms with van der Waals surface area (Å²) >= 11 is 0. The summed E-state index contributed by atoms with van der Waals surface area (Å²) in [6, 6.07) is 0. The molecule has 1 heterocycles. The van der Waals surface area contributed by atoms with Gasteiger partial charge in [-0.1, -0.05) is 13.8 Å². The number of carbonyl (C=O) groups is 1. The molecule has 3 nitrogen and oxygen atoms in total. The zero-order valence-corrected chi connectivity index (χ0v) is 10.5. The monoisotopic (exact) mass is 224 g/mol. The third kappa shape index (κ3) is 1.72. The first-order chi connectivity index (χ1) is 7.23. The van der Waals surface area contributed by atoms with Gasteiger partial charge >= 0.3 is 5.97 Å². The summed E-state index contributed by atoms with van der Waals surface area (Å²) in [6.45, 7) is 7.80. The Balaban J connectivity index is 2.41. The molecule has 16 heavy (non-hydrogen) atoms. The Bertz CT molecular complexity index is 363. The first-order valence-corrected chi connectivity index (χ1v) is 5.90. The SMILES string of the molecule is CC1(C)CC2CCC(C)(C)C(O)=C2C(=O)O1. The Labute approximate surface area is 96.5 Å². The van der Waals surface area contributed by atoms with Gasteiger partial charge in [0.25, 0.3) is 0 Å². The van der Waals surface area contributed by atoms with Gasteiger partial charge in [0, 0.05) is 5.41 Å². The molecule has 0 radical (unpaired) electrons. The molecule has 1 atom stereocenters. The molecule has 1 unspecified atom stereocenters. The lowest BCUT2D eigenvalue weighted by Gasteiger charge is -2.42. The number of aliphatic hydroxyl groups excluding tert-OH is 1. The quantitative estimate of drug-likeness (QED) is 0.643. The first kappa shape index (κ1) is 11.5. The van der Waals surface area contributed by atoms with E-state index in [1.807, 2.05) is 27.7 Å². The van der Waals surface area contributed by atoms with Gasteiger partial charge in [-0.25, -0.2) is 4.79 Å². The van der Waals surface area contributed by atoms with Crippen molar-refractivity contribution in [3.8, 4) is 0 Å². The van der Waals surface area contributed by atoms with Crippen LogP contribution in [0.2, 0.25) is 0 Å². The Hall–Kier alpha value is -0.990. The van der Waals surface area contributed by atoms with Crippen LogP contribution in [0.3, 0.4) is 0 Å². The Morgan fingerprint density at radius 1 is 1.31 bits per heavy atom. The number of cyclic esters (lactones) is 1. The fourth-order valence-corrected chi connectivity index (χ4v) is 2.76. The van der Waals surface area contributed by atoms with Gasteiger partial charge < -0.3 is 9.84 Å². The van der Waals surface area contributed by atoms with E-state index in [4.69, 9.17) is 4.74 Å². The normalized spacial score (nSPS) is 32.0. The number of ether oxygens (including phenoxy) is 1. The fourth-order valence-electron chi connectivity index (χ4n) is 2.76. The van der Waals surface area contributed by atoms with Crippen molar-refractivity contribution in [2.75, 3.05) is 0 Å². The highest BCUT2D eigenvalue weighted by molar-refractivity contribution is 5.91. The van der Waals surface area contributed by atoms with Gasteiger partial charge in [0.05, 0.1) is 5.57 Å². The molecule has 1 N–H and O–H groups in total. The number of fused-ring (bicyclic) bond motifs is 1. The summed E-state index contributed by atoms with van der Waals surface area (Å²) in [6.07, 6.45) is 2.70. The summed E-state index contributed by atoms with van der Waals surface area (Å²) in [4.78, 5) is 11.9. The molecule has 1 aliphatic carbocycles. The number of hydrogen-bond acceptors (Lipinski definition) is 3. The lowest BCUT2D eigenvalue weighted by molar-refractivity contribution is -0.160. The van der Waals surface area contributed by atoms with Gasteiger partial charge in [-0.3, -0.25) is 0 Å². The van der Waals surface area contributed by atoms with Crippen molar-refractivity contribution in [2.45, 2.75) is 52.6 Å². The minimum atomic E-state index is -0.396. The molecular weight excluding hydrogens is 204 g/mol. The molecular formula is C13H20O3. The van der Waals surface area contributed by atoms with Crippen LogP contribution in [0.25, 0.3) is 0 Å². The van der Waals surface area contributed by atoms with Gasteiger partial charge in [-0.15, -0.1) is 0 Å². The van der Waals surface area contributed by atoms with Gasteiger partial charge in [0.15, 0.2) is 0 Å². The molecule has 0 amide bonds. The molecule has 0 saturated carbocycles. The van der Waals surface area contributed by atoms with Crippen molar-refractivity contribution in [1.82, 2.24) is 0 Å². The zero-order valence-electron chi connectivity index (χ0n) is 10.5. The minimum Gasteiger partial charge on any atom is -0.511 e.